The van der Waals surface area contributed by atoms with Crippen molar-refractivity contribution in [2.24, 2.45) is 7.05 Å². The number of anilines is 1. The Hall–Kier alpha value is -4.12. The molecule has 1 amide bonds. The van der Waals surface area contributed by atoms with Gasteiger partial charge in [-0.05, 0) is 25.1 Å². The number of aryl methyl sites for hydroxylation is 1. The molecule has 0 unspecified atom stereocenters. The Morgan fingerprint density at radius 3 is 2.38 bits per heavy atom. The maximum Gasteiger partial charge on any atom is 0.279 e. The molecule has 0 saturated carbocycles. The highest BCUT2D eigenvalue weighted by Gasteiger charge is 2.47. The minimum Gasteiger partial charge on any atom is -0.481 e. The molecular weight excluding hydrogens is 584 g/mol. The van der Waals surface area contributed by atoms with Gasteiger partial charge in [0.15, 0.2) is 11.5 Å². The van der Waals surface area contributed by atoms with E-state index in [9.17, 15) is 18.8 Å². The summed E-state index contributed by atoms with van der Waals surface area (Å²) in [6.07, 6.45) is 1.36. The van der Waals surface area contributed by atoms with E-state index >= 15 is 0 Å². The number of pyridine rings is 1. The van der Waals surface area contributed by atoms with Crippen LogP contribution in [0.5, 0.6) is 5.88 Å². The number of hydrogen-bond acceptors (Lipinski definition) is 7. The Bertz CT molecular complexity index is 1770. The number of likely N-dealkylation sites (tertiary alicyclic amines) is 1. The molecule has 0 aliphatic carbocycles. The van der Waals surface area contributed by atoms with Crippen LogP contribution >= 0.6 is 23.2 Å². The zero-order valence-corrected chi connectivity index (χ0v) is 24.5. The van der Waals surface area contributed by atoms with Crippen LogP contribution in [0.25, 0.3) is 22.4 Å². The van der Waals surface area contributed by atoms with Crippen LogP contribution in [-0.4, -0.2) is 57.2 Å². The summed E-state index contributed by atoms with van der Waals surface area (Å²) in [5.74, 6) is -0.732. The van der Waals surface area contributed by atoms with Gasteiger partial charge in [-0.15, -0.1) is 0 Å². The Kier molecular flexibility index (Phi) is 8.14. The molecular formula is C30H26Cl2FN5O4. The van der Waals surface area contributed by atoms with Crippen LogP contribution in [0.4, 0.5) is 10.1 Å². The molecule has 1 aliphatic rings. The van der Waals surface area contributed by atoms with Crippen molar-refractivity contribution >= 4 is 40.6 Å². The molecule has 0 spiro atoms. The molecule has 5 rings (SSSR count). The number of Topliss-reactive ketones (excluding diaryl/α,β-unsaturated/α-hetero) is 1. The molecule has 42 heavy (non-hydrogen) atoms. The number of amides is 1. The fourth-order valence-corrected chi connectivity index (χ4v) is 5.40. The van der Waals surface area contributed by atoms with E-state index in [2.05, 4.69) is 15.4 Å². The lowest BCUT2D eigenvalue weighted by Gasteiger charge is -2.42. The number of ether oxygens (including phenoxy) is 1. The van der Waals surface area contributed by atoms with Crippen molar-refractivity contribution in [3.63, 3.8) is 0 Å². The first-order valence-corrected chi connectivity index (χ1v) is 13.7. The molecule has 1 fully saturated rings. The molecule has 1 N–H and O–H groups in total. The monoisotopic (exact) mass is 609 g/mol. The van der Waals surface area contributed by atoms with E-state index in [1.807, 2.05) is 23.1 Å². The number of methoxy groups -OCH3 is 1. The second-order valence-electron chi connectivity index (χ2n) is 9.99. The fraction of sp³-hybridized carbons (Fsp3) is 0.233. The summed E-state index contributed by atoms with van der Waals surface area (Å²) < 4.78 is 21.0. The molecule has 2 aromatic heterocycles. The maximum absolute atomic E-state index is 14.4. The topological polar surface area (TPSA) is 106 Å². The number of carbonyl (C=O) groups excluding carboxylic acids is 2. The van der Waals surface area contributed by atoms with E-state index in [4.69, 9.17) is 27.9 Å². The molecule has 216 valence electrons. The van der Waals surface area contributed by atoms with Gasteiger partial charge in [0.25, 0.3) is 11.5 Å². The molecule has 0 radical (unpaired) electrons. The van der Waals surface area contributed by atoms with Crippen LogP contribution < -0.4 is 15.6 Å². The number of nitrogens with one attached hydrogen (secondary N) is 1. The SMILES string of the molecule is COc1nc(-c2cccc(-c3cccc(NC(=O)c4ccnn(C)c4=O)c3Cl)c2Cl)ccc1CN1CC(F)(C(C)=O)C1. The second kappa shape index (κ2) is 11.6. The third-order valence-corrected chi connectivity index (χ3v) is 7.98. The van der Waals surface area contributed by atoms with Gasteiger partial charge in [-0.1, -0.05) is 59.6 Å². The summed E-state index contributed by atoms with van der Waals surface area (Å²) in [5, 5.41) is 7.14. The maximum atomic E-state index is 14.4. The number of carbonyl (C=O) groups is 2. The van der Waals surface area contributed by atoms with Crippen LogP contribution in [-0.2, 0) is 18.4 Å². The van der Waals surface area contributed by atoms with E-state index < -0.39 is 22.9 Å². The van der Waals surface area contributed by atoms with Gasteiger partial charge in [0, 0.05) is 55.1 Å². The predicted molar refractivity (Wildman–Crippen MR) is 159 cm³/mol. The van der Waals surface area contributed by atoms with E-state index in [1.165, 1.54) is 33.3 Å². The Morgan fingerprint density at radius 1 is 1.02 bits per heavy atom. The van der Waals surface area contributed by atoms with E-state index in [1.54, 1.807) is 30.3 Å². The van der Waals surface area contributed by atoms with Crippen LogP contribution in [0.3, 0.4) is 0 Å². The lowest BCUT2D eigenvalue weighted by atomic mass is 9.92. The summed E-state index contributed by atoms with van der Waals surface area (Å²) in [6.45, 7) is 1.70. The van der Waals surface area contributed by atoms with Crippen molar-refractivity contribution in [2.75, 3.05) is 25.5 Å². The molecule has 9 nitrogen and oxygen atoms in total. The first kappa shape index (κ1) is 29.4. The third-order valence-electron chi connectivity index (χ3n) is 7.17. The highest BCUT2D eigenvalue weighted by atomic mass is 35.5. The molecule has 2 aromatic carbocycles. The largest absolute Gasteiger partial charge is 0.481 e. The van der Waals surface area contributed by atoms with Crippen molar-refractivity contribution in [3.05, 3.63) is 92.3 Å². The molecule has 12 heteroatoms. The second-order valence-corrected chi connectivity index (χ2v) is 10.7. The zero-order chi connectivity index (χ0) is 30.2. The van der Waals surface area contributed by atoms with E-state index in [0.29, 0.717) is 45.5 Å². The fourth-order valence-electron chi connectivity index (χ4n) is 4.80. The number of alkyl halides is 1. The number of ketones is 1. The van der Waals surface area contributed by atoms with Gasteiger partial charge in [0.1, 0.15) is 5.56 Å². The van der Waals surface area contributed by atoms with Gasteiger partial charge in [-0.25, -0.2) is 14.1 Å². The molecule has 1 saturated heterocycles. The number of aromatic nitrogens is 3. The van der Waals surface area contributed by atoms with Gasteiger partial charge in [-0.3, -0.25) is 19.3 Å². The number of hydrogen-bond donors (Lipinski definition) is 1. The summed E-state index contributed by atoms with van der Waals surface area (Å²) in [6, 6.07) is 15.5. The van der Waals surface area contributed by atoms with Crippen molar-refractivity contribution in [2.45, 2.75) is 19.1 Å². The van der Waals surface area contributed by atoms with Gasteiger partial charge in [-0.2, -0.15) is 5.10 Å². The van der Waals surface area contributed by atoms with Gasteiger partial charge < -0.3 is 10.1 Å². The first-order valence-electron chi connectivity index (χ1n) is 12.9. The van der Waals surface area contributed by atoms with Crippen molar-refractivity contribution in [3.8, 4) is 28.3 Å². The molecule has 1 aliphatic heterocycles. The predicted octanol–water partition coefficient (Wildman–Crippen LogP) is 5.19. The van der Waals surface area contributed by atoms with Gasteiger partial charge in [0.05, 0.1) is 28.5 Å². The quantitative estimate of drug-likeness (QED) is 0.293. The van der Waals surface area contributed by atoms with Crippen molar-refractivity contribution < 1.29 is 18.7 Å². The zero-order valence-electron chi connectivity index (χ0n) is 23.0. The van der Waals surface area contributed by atoms with Crippen molar-refractivity contribution in [1.82, 2.24) is 19.7 Å². The van der Waals surface area contributed by atoms with Crippen LogP contribution in [0.15, 0.2) is 65.6 Å². The normalized spacial score (nSPS) is 14.2. The number of halogens is 3. The minimum atomic E-state index is -1.80. The average Bonchev–Trinajstić information content (AvgIpc) is 2.95. The Labute approximate surface area is 250 Å². The number of nitrogens with zero attached hydrogens (tertiary/aromatic N) is 4. The smallest absolute Gasteiger partial charge is 0.279 e. The minimum absolute atomic E-state index is 0.0284. The average molecular weight is 610 g/mol. The summed E-state index contributed by atoms with van der Waals surface area (Å²) in [7, 11) is 2.96. The van der Waals surface area contributed by atoms with Crippen molar-refractivity contribution in [1.29, 1.82) is 0 Å². The first-order chi connectivity index (χ1) is 20.0. The van der Waals surface area contributed by atoms with E-state index in [0.717, 1.165) is 10.2 Å². The van der Waals surface area contributed by atoms with Crippen LogP contribution in [0, 0.1) is 0 Å². The highest BCUT2D eigenvalue weighted by Crippen LogP contribution is 2.41. The molecule has 4 aromatic rings. The van der Waals surface area contributed by atoms with Crippen LogP contribution in [0.2, 0.25) is 10.0 Å². The summed E-state index contributed by atoms with van der Waals surface area (Å²) in [4.78, 5) is 43.1. The van der Waals surface area contributed by atoms with Crippen LogP contribution in [0.1, 0.15) is 22.8 Å². The van der Waals surface area contributed by atoms with Gasteiger partial charge in [0.2, 0.25) is 5.88 Å². The molecule has 3 heterocycles. The number of benzene rings is 2. The Balaban J connectivity index is 1.42. The summed E-state index contributed by atoms with van der Waals surface area (Å²) in [5.41, 5.74) is 0.960. The lowest BCUT2D eigenvalue weighted by molar-refractivity contribution is -0.141. The standard InChI is InChI=1S/C30H26Cl2FN5O4/c1-17(39)30(33)15-38(16-30)14-18-10-11-23(36-28(18)42-3)21-8-4-6-19(25(21)31)20-7-5-9-24(26(20)32)35-27(40)22-12-13-34-37(2)29(22)41/h4-13H,14-16H2,1-3H3,(H,35,40). The van der Waals surface area contributed by atoms with Gasteiger partial charge >= 0.3 is 0 Å². The molecule has 0 atom stereocenters. The Morgan fingerprint density at radius 2 is 1.69 bits per heavy atom. The highest BCUT2D eigenvalue weighted by molar-refractivity contribution is 6.39. The lowest BCUT2D eigenvalue weighted by Crippen LogP contribution is -2.62. The third kappa shape index (κ3) is 5.53. The number of rotatable bonds is 8. The summed E-state index contributed by atoms with van der Waals surface area (Å²) >= 11 is 13.6. The van der Waals surface area contributed by atoms with E-state index in [-0.39, 0.29) is 23.7 Å². The molecule has 0 bridgehead atoms.